The zero-order valence-electron chi connectivity index (χ0n) is 7.60. The van der Waals surface area contributed by atoms with E-state index in [9.17, 15) is 5.11 Å². The number of furan rings is 1. The van der Waals surface area contributed by atoms with Crippen LogP contribution in [0.2, 0.25) is 0 Å². The smallest absolute Gasteiger partial charge is 0.134 e. The molecular formula is C9H15NO3. The van der Waals surface area contributed by atoms with Gasteiger partial charge in [0.25, 0.3) is 0 Å². The number of aryl methyl sites for hydroxylation is 1. The van der Waals surface area contributed by atoms with Gasteiger partial charge in [-0.3, -0.25) is 0 Å². The summed E-state index contributed by atoms with van der Waals surface area (Å²) in [4.78, 5) is 0. The van der Waals surface area contributed by atoms with Gasteiger partial charge >= 0.3 is 0 Å². The van der Waals surface area contributed by atoms with Crippen molar-refractivity contribution in [3.8, 4) is 0 Å². The second-order valence-electron chi connectivity index (χ2n) is 2.95. The molecule has 2 unspecified atom stereocenters. The Kier molecular flexibility index (Phi) is 3.48. The van der Waals surface area contributed by atoms with Gasteiger partial charge in [0.2, 0.25) is 0 Å². The van der Waals surface area contributed by atoms with E-state index >= 15 is 0 Å². The first-order valence-electron chi connectivity index (χ1n) is 4.32. The molecule has 1 aromatic heterocycles. The van der Waals surface area contributed by atoms with Gasteiger partial charge in [-0.05, 0) is 12.1 Å². The monoisotopic (exact) mass is 185 g/mol. The summed E-state index contributed by atoms with van der Waals surface area (Å²) < 4.78 is 5.28. The van der Waals surface area contributed by atoms with E-state index < -0.39 is 12.1 Å². The van der Waals surface area contributed by atoms with Crippen LogP contribution in [0.1, 0.15) is 24.5 Å². The van der Waals surface area contributed by atoms with Gasteiger partial charge in [-0.15, -0.1) is 0 Å². The van der Waals surface area contributed by atoms with Crippen molar-refractivity contribution < 1.29 is 14.6 Å². The lowest BCUT2D eigenvalue weighted by Gasteiger charge is -2.13. The third-order valence-electron chi connectivity index (χ3n) is 1.94. The maximum atomic E-state index is 9.52. The Balaban J connectivity index is 2.70. The Labute approximate surface area is 77.0 Å². The number of hydrogen-bond donors (Lipinski definition) is 3. The lowest BCUT2D eigenvalue weighted by atomic mass is 10.1. The molecule has 0 bridgehead atoms. The molecule has 4 heteroatoms. The molecule has 4 N–H and O–H groups in total. The topological polar surface area (TPSA) is 79.6 Å². The molecular weight excluding hydrogens is 170 g/mol. The van der Waals surface area contributed by atoms with Crippen molar-refractivity contribution in [1.29, 1.82) is 0 Å². The first-order chi connectivity index (χ1) is 6.19. The van der Waals surface area contributed by atoms with Crippen LogP contribution in [-0.4, -0.2) is 22.9 Å². The van der Waals surface area contributed by atoms with Crippen LogP contribution in [0.15, 0.2) is 16.5 Å². The molecule has 0 saturated carbocycles. The van der Waals surface area contributed by atoms with Crippen LogP contribution in [0.5, 0.6) is 0 Å². The fraction of sp³-hybridized carbons (Fsp3) is 0.556. The molecule has 0 aliphatic rings. The average Bonchev–Trinajstić information content (AvgIpc) is 2.63. The minimum atomic E-state index is -0.926. The van der Waals surface area contributed by atoms with Crippen LogP contribution in [0.3, 0.4) is 0 Å². The number of aliphatic hydroxyl groups excluding tert-OH is 2. The van der Waals surface area contributed by atoms with Gasteiger partial charge in [-0.1, -0.05) is 6.92 Å². The fourth-order valence-electron chi connectivity index (χ4n) is 1.05. The average molecular weight is 185 g/mol. The Morgan fingerprint density at radius 3 is 2.69 bits per heavy atom. The number of hydrogen-bond acceptors (Lipinski definition) is 4. The zero-order valence-corrected chi connectivity index (χ0v) is 7.60. The molecule has 0 radical (unpaired) electrons. The molecule has 1 heterocycles. The second kappa shape index (κ2) is 4.41. The van der Waals surface area contributed by atoms with Gasteiger partial charge in [0.1, 0.15) is 17.6 Å². The second-order valence-corrected chi connectivity index (χ2v) is 2.95. The highest BCUT2D eigenvalue weighted by molar-refractivity contribution is 5.10. The van der Waals surface area contributed by atoms with E-state index in [0.29, 0.717) is 5.76 Å². The summed E-state index contributed by atoms with van der Waals surface area (Å²) in [6.45, 7) is 1.70. The van der Waals surface area contributed by atoms with E-state index in [1.807, 2.05) is 6.92 Å². The lowest BCUT2D eigenvalue weighted by molar-refractivity contribution is 0.0893. The largest absolute Gasteiger partial charge is 0.463 e. The van der Waals surface area contributed by atoms with Crippen molar-refractivity contribution in [2.24, 2.45) is 5.73 Å². The van der Waals surface area contributed by atoms with Crippen molar-refractivity contribution in [2.75, 3.05) is 6.61 Å². The van der Waals surface area contributed by atoms with Crippen LogP contribution in [0, 0.1) is 0 Å². The molecule has 0 aliphatic heterocycles. The summed E-state index contributed by atoms with van der Waals surface area (Å²) in [5.41, 5.74) is 5.44. The summed E-state index contributed by atoms with van der Waals surface area (Å²) in [6, 6.07) is 2.79. The van der Waals surface area contributed by atoms with Gasteiger partial charge in [-0.2, -0.15) is 0 Å². The summed E-state index contributed by atoms with van der Waals surface area (Å²) in [6.07, 6.45) is -0.147. The fourth-order valence-corrected chi connectivity index (χ4v) is 1.05. The first kappa shape index (κ1) is 10.2. The van der Waals surface area contributed by atoms with Gasteiger partial charge in [0.15, 0.2) is 0 Å². The molecule has 0 aliphatic carbocycles. The van der Waals surface area contributed by atoms with Crippen LogP contribution >= 0.6 is 0 Å². The van der Waals surface area contributed by atoms with Crippen molar-refractivity contribution >= 4 is 0 Å². The lowest BCUT2D eigenvalue weighted by Crippen LogP contribution is -2.31. The summed E-state index contributed by atoms with van der Waals surface area (Å²) in [5.74, 6) is 1.22. The normalized spacial score (nSPS) is 15.7. The summed E-state index contributed by atoms with van der Waals surface area (Å²) >= 11 is 0. The molecule has 4 nitrogen and oxygen atoms in total. The minimum Gasteiger partial charge on any atom is -0.463 e. The third-order valence-corrected chi connectivity index (χ3v) is 1.94. The Bertz CT molecular complexity index is 259. The molecule has 1 aromatic rings. The van der Waals surface area contributed by atoms with Gasteiger partial charge in [0, 0.05) is 6.42 Å². The van der Waals surface area contributed by atoms with E-state index in [-0.39, 0.29) is 6.61 Å². The molecule has 1 rings (SSSR count). The van der Waals surface area contributed by atoms with Gasteiger partial charge in [0.05, 0.1) is 12.6 Å². The van der Waals surface area contributed by atoms with E-state index in [2.05, 4.69) is 0 Å². The molecule has 0 saturated heterocycles. The highest BCUT2D eigenvalue weighted by Gasteiger charge is 2.19. The van der Waals surface area contributed by atoms with Crippen molar-refractivity contribution in [2.45, 2.75) is 25.5 Å². The van der Waals surface area contributed by atoms with E-state index in [4.69, 9.17) is 15.3 Å². The van der Waals surface area contributed by atoms with Crippen LogP contribution < -0.4 is 5.73 Å². The molecule has 0 amide bonds. The van der Waals surface area contributed by atoms with E-state index in [1.54, 1.807) is 12.1 Å². The first-order valence-corrected chi connectivity index (χ1v) is 4.32. The van der Waals surface area contributed by atoms with Crippen molar-refractivity contribution in [3.63, 3.8) is 0 Å². The molecule has 2 atom stereocenters. The predicted octanol–water partition coefficient (Wildman–Crippen LogP) is 0.195. The maximum Gasteiger partial charge on any atom is 0.134 e. The van der Waals surface area contributed by atoms with Gasteiger partial charge in [-0.25, -0.2) is 0 Å². The highest BCUT2D eigenvalue weighted by Crippen LogP contribution is 2.18. The zero-order chi connectivity index (χ0) is 9.84. The van der Waals surface area contributed by atoms with Crippen LogP contribution in [-0.2, 0) is 6.42 Å². The third kappa shape index (κ3) is 2.30. The minimum absolute atomic E-state index is 0.261. The van der Waals surface area contributed by atoms with Crippen LogP contribution in [0.4, 0.5) is 0 Å². The summed E-state index contributed by atoms with van der Waals surface area (Å²) in [7, 11) is 0. The Hall–Kier alpha value is -0.840. The molecule has 13 heavy (non-hydrogen) atoms. The molecule has 0 spiro atoms. The number of aliphatic hydroxyl groups is 2. The standard InChI is InChI=1S/C9H15NO3/c1-2-6-3-4-8(13-6)9(12)7(10)5-11/h3-4,7,9,11-12H,2,5,10H2,1H3. The summed E-state index contributed by atoms with van der Waals surface area (Å²) in [5, 5.41) is 18.2. The predicted molar refractivity (Wildman–Crippen MR) is 48.1 cm³/mol. The Morgan fingerprint density at radius 2 is 2.23 bits per heavy atom. The Morgan fingerprint density at radius 1 is 1.54 bits per heavy atom. The van der Waals surface area contributed by atoms with Gasteiger partial charge < -0.3 is 20.4 Å². The number of rotatable bonds is 4. The van der Waals surface area contributed by atoms with E-state index in [1.165, 1.54) is 0 Å². The highest BCUT2D eigenvalue weighted by atomic mass is 16.4. The van der Waals surface area contributed by atoms with Crippen molar-refractivity contribution in [1.82, 2.24) is 0 Å². The quantitative estimate of drug-likeness (QED) is 0.625. The molecule has 0 aromatic carbocycles. The van der Waals surface area contributed by atoms with E-state index in [0.717, 1.165) is 12.2 Å². The molecule has 0 fully saturated rings. The maximum absolute atomic E-state index is 9.52. The SMILES string of the molecule is CCc1ccc(C(O)C(N)CO)o1. The van der Waals surface area contributed by atoms with Crippen molar-refractivity contribution in [3.05, 3.63) is 23.7 Å². The van der Waals surface area contributed by atoms with Crippen LogP contribution in [0.25, 0.3) is 0 Å². The number of nitrogens with two attached hydrogens (primary N) is 1. The molecule has 74 valence electrons.